The zero-order valence-corrected chi connectivity index (χ0v) is 13.3. The summed E-state index contributed by atoms with van der Waals surface area (Å²) in [5.41, 5.74) is 1.70. The van der Waals surface area contributed by atoms with Crippen molar-refractivity contribution in [3.05, 3.63) is 58.7 Å². The van der Waals surface area contributed by atoms with Crippen molar-refractivity contribution in [1.82, 2.24) is 20.1 Å². The average Bonchev–Trinajstić information content (AvgIpc) is 2.99. The monoisotopic (exact) mass is 356 g/mol. The summed E-state index contributed by atoms with van der Waals surface area (Å²) in [5, 5.41) is 4.22. The topological polar surface area (TPSA) is 64.7 Å². The fourth-order valence-electron chi connectivity index (χ4n) is 2.87. The third kappa shape index (κ3) is 2.14. The number of nitrogens with zero attached hydrogens (tertiary/aromatic N) is 4. The van der Waals surface area contributed by atoms with Crippen LogP contribution in [0.1, 0.15) is 30.7 Å². The molecule has 2 aromatic heterocycles. The molecule has 1 aromatic carbocycles. The maximum absolute atomic E-state index is 5.40. The van der Waals surface area contributed by atoms with Gasteiger partial charge in [0, 0.05) is 16.9 Å². The van der Waals surface area contributed by atoms with Gasteiger partial charge in [-0.15, -0.1) is 0 Å². The molecule has 0 amide bonds. The summed E-state index contributed by atoms with van der Waals surface area (Å²) in [6.45, 7) is 0. The molecule has 0 spiro atoms. The lowest BCUT2D eigenvalue weighted by Crippen LogP contribution is -2.36. The number of benzene rings is 1. The molecule has 0 bridgehead atoms. The van der Waals surface area contributed by atoms with Gasteiger partial charge in [0.05, 0.1) is 11.6 Å². The van der Waals surface area contributed by atoms with Crippen molar-refractivity contribution >= 4 is 15.9 Å². The van der Waals surface area contributed by atoms with E-state index >= 15 is 0 Å². The van der Waals surface area contributed by atoms with Gasteiger partial charge in [-0.05, 0) is 30.5 Å². The molecule has 6 heteroatoms. The zero-order chi connectivity index (χ0) is 15.0. The number of aromatic nitrogens is 4. The van der Waals surface area contributed by atoms with Gasteiger partial charge >= 0.3 is 0 Å². The minimum atomic E-state index is -0.134. The standard InChI is InChI=1S/C16H13BrN4O/c17-12-4-2-11(3-5-12)16(6-1-7-16)15-20-14(22-21-15)13-10-18-8-9-19-13/h2-5,8-10H,1,6-7H2. The SMILES string of the molecule is Brc1ccc(C2(c3noc(-c4cnccn4)n3)CCC2)cc1. The molecule has 5 nitrogen and oxygen atoms in total. The van der Waals surface area contributed by atoms with Crippen molar-refractivity contribution in [2.45, 2.75) is 24.7 Å². The molecule has 110 valence electrons. The second kappa shape index (κ2) is 5.28. The molecule has 1 saturated carbocycles. The molecule has 0 N–H and O–H groups in total. The number of hydrogen-bond donors (Lipinski definition) is 0. The summed E-state index contributed by atoms with van der Waals surface area (Å²) >= 11 is 3.48. The van der Waals surface area contributed by atoms with Crippen LogP contribution in [0.5, 0.6) is 0 Å². The molecule has 22 heavy (non-hydrogen) atoms. The summed E-state index contributed by atoms with van der Waals surface area (Å²) in [6.07, 6.45) is 8.11. The van der Waals surface area contributed by atoms with Crippen LogP contribution in [0.15, 0.2) is 51.9 Å². The summed E-state index contributed by atoms with van der Waals surface area (Å²) in [6, 6.07) is 8.36. The van der Waals surface area contributed by atoms with Gasteiger partial charge < -0.3 is 4.52 Å². The minimum absolute atomic E-state index is 0.134. The van der Waals surface area contributed by atoms with E-state index in [1.807, 2.05) is 0 Å². The smallest absolute Gasteiger partial charge is 0.278 e. The Balaban J connectivity index is 1.74. The first kappa shape index (κ1) is 13.6. The normalized spacial score (nSPS) is 16.2. The van der Waals surface area contributed by atoms with E-state index in [0.717, 1.165) is 23.1 Å². The Labute approximate surface area is 135 Å². The predicted molar refractivity (Wildman–Crippen MR) is 84.1 cm³/mol. The van der Waals surface area contributed by atoms with Gasteiger partial charge in [-0.2, -0.15) is 4.98 Å². The lowest BCUT2D eigenvalue weighted by atomic mass is 9.64. The zero-order valence-electron chi connectivity index (χ0n) is 11.7. The molecule has 0 atom stereocenters. The van der Waals surface area contributed by atoms with Crippen molar-refractivity contribution in [3.63, 3.8) is 0 Å². The Morgan fingerprint density at radius 1 is 1.09 bits per heavy atom. The first-order valence-corrected chi connectivity index (χ1v) is 7.94. The van der Waals surface area contributed by atoms with Gasteiger partial charge in [0.2, 0.25) is 0 Å². The fraction of sp³-hybridized carbons (Fsp3) is 0.250. The summed E-state index contributed by atoms with van der Waals surface area (Å²) in [7, 11) is 0. The molecule has 0 aliphatic heterocycles. The highest BCUT2D eigenvalue weighted by Crippen LogP contribution is 2.48. The van der Waals surface area contributed by atoms with Crippen molar-refractivity contribution < 1.29 is 4.52 Å². The number of rotatable bonds is 3. The molecule has 0 saturated heterocycles. The maximum Gasteiger partial charge on any atom is 0.278 e. The van der Waals surface area contributed by atoms with Crippen molar-refractivity contribution in [1.29, 1.82) is 0 Å². The van der Waals surface area contributed by atoms with Gasteiger partial charge in [-0.25, -0.2) is 4.98 Å². The highest BCUT2D eigenvalue weighted by Gasteiger charge is 2.44. The largest absolute Gasteiger partial charge is 0.332 e. The molecular formula is C16H13BrN4O. The summed E-state index contributed by atoms with van der Waals surface area (Å²) in [4.78, 5) is 12.8. The Bertz CT molecular complexity index is 781. The lowest BCUT2D eigenvalue weighted by molar-refractivity contribution is 0.273. The average molecular weight is 357 g/mol. The maximum atomic E-state index is 5.40. The van der Waals surface area contributed by atoms with Crippen LogP contribution < -0.4 is 0 Å². The molecule has 0 unspecified atom stereocenters. The van der Waals surface area contributed by atoms with Crippen LogP contribution in [0.4, 0.5) is 0 Å². The van der Waals surface area contributed by atoms with E-state index in [1.165, 1.54) is 12.0 Å². The van der Waals surface area contributed by atoms with E-state index < -0.39 is 0 Å². The van der Waals surface area contributed by atoms with Crippen LogP contribution in [0.25, 0.3) is 11.6 Å². The minimum Gasteiger partial charge on any atom is -0.332 e. The third-order valence-electron chi connectivity index (χ3n) is 4.24. The second-order valence-electron chi connectivity index (χ2n) is 5.46. The molecular weight excluding hydrogens is 344 g/mol. The van der Waals surface area contributed by atoms with Crippen molar-refractivity contribution in [3.8, 4) is 11.6 Å². The second-order valence-corrected chi connectivity index (χ2v) is 6.37. The molecule has 0 radical (unpaired) electrons. The van der Waals surface area contributed by atoms with Crippen molar-refractivity contribution in [2.75, 3.05) is 0 Å². The van der Waals surface area contributed by atoms with Crippen LogP contribution in [0.3, 0.4) is 0 Å². The number of halogens is 1. The molecule has 4 rings (SSSR count). The Kier molecular flexibility index (Phi) is 3.26. The Hall–Kier alpha value is -2.08. The van der Waals surface area contributed by atoms with Gasteiger partial charge in [-0.3, -0.25) is 4.98 Å². The Morgan fingerprint density at radius 2 is 1.91 bits per heavy atom. The number of hydrogen-bond acceptors (Lipinski definition) is 5. The summed E-state index contributed by atoms with van der Waals surface area (Å²) < 4.78 is 6.47. The first-order valence-electron chi connectivity index (χ1n) is 7.15. The molecule has 2 heterocycles. The Morgan fingerprint density at radius 3 is 2.55 bits per heavy atom. The van der Waals surface area contributed by atoms with E-state index in [2.05, 4.69) is 60.3 Å². The van der Waals surface area contributed by atoms with Crippen LogP contribution >= 0.6 is 15.9 Å². The van der Waals surface area contributed by atoms with Crippen LogP contribution in [0.2, 0.25) is 0 Å². The van der Waals surface area contributed by atoms with Crippen LogP contribution in [-0.2, 0) is 5.41 Å². The van der Waals surface area contributed by atoms with Crippen LogP contribution in [-0.4, -0.2) is 20.1 Å². The molecule has 1 fully saturated rings. The lowest BCUT2D eigenvalue weighted by Gasteiger charge is -2.39. The first-order chi connectivity index (χ1) is 10.8. The van der Waals surface area contributed by atoms with E-state index in [1.54, 1.807) is 18.6 Å². The van der Waals surface area contributed by atoms with E-state index in [4.69, 9.17) is 4.52 Å². The third-order valence-corrected chi connectivity index (χ3v) is 4.77. The molecule has 1 aliphatic carbocycles. The molecule has 3 aromatic rings. The summed E-state index contributed by atoms with van der Waals surface area (Å²) in [5.74, 6) is 1.16. The van der Waals surface area contributed by atoms with Gasteiger partial charge in [-0.1, -0.05) is 39.6 Å². The predicted octanol–water partition coefficient (Wildman–Crippen LogP) is 3.76. The van der Waals surface area contributed by atoms with E-state index in [9.17, 15) is 0 Å². The van der Waals surface area contributed by atoms with E-state index in [0.29, 0.717) is 11.6 Å². The van der Waals surface area contributed by atoms with Crippen LogP contribution in [0, 0.1) is 0 Å². The van der Waals surface area contributed by atoms with Crippen molar-refractivity contribution in [2.24, 2.45) is 0 Å². The van der Waals surface area contributed by atoms with E-state index in [-0.39, 0.29) is 5.41 Å². The van der Waals surface area contributed by atoms with Gasteiger partial charge in [0.1, 0.15) is 5.69 Å². The quantitative estimate of drug-likeness (QED) is 0.714. The fourth-order valence-corrected chi connectivity index (χ4v) is 3.14. The highest BCUT2D eigenvalue weighted by molar-refractivity contribution is 9.10. The highest BCUT2D eigenvalue weighted by atomic mass is 79.9. The molecule has 1 aliphatic rings. The van der Waals surface area contributed by atoms with Gasteiger partial charge in [0.15, 0.2) is 5.82 Å². The van der Waals surface area contributed by atoms with Gasteiger partial charge in [0.25, 0.3) is 5.89 Å².